The zero-order valence-corrected chi connectivity index (χ0v) is 16.3. The van der Waals surface area contributed by atoms with Gasteiger partial charge in [0.15, 0.2) is 5.11 Å². The minimum atomic E-state index is -1.15. The van der Waals surface area contributed by atoms with Crippen molar-refractivity contribution in [3.05, 3.63) is 59.2 Å². The summed E-state index contributed by atoms with van der Waals surface area (Å²) < 4.78 is 10.4. The van der Waals surface area contributed by atoms with Crippen molar-refractivity contribution in [2.45, 2.75) is 0 Å². The van der Waals surface area contributed by atoms with Crippen LogP contribution in [0.1, 0.15) is 15.9 Å². The highest BCUT2D eigenvalue weighted by Gasteiger charge is 2.35. The molecule has 0 aliphatic carbocycles. The zero-order chi connectivity index (χ0) is 21.1. The van der Waals surface area contributed by atoms with Gasteiger partial charge in [0.2, 0.25) is 0 Å². The number of amides is 2. The number of rotatable bonds is 5. The van der Waals surface area contributed by atoms with Crippen LogP contribution in [-0.4, -0.2) is 42.2 Å². The molecule has 148 valence electrons. The highest BCUT2D eigenvalue weighted by atomic mass is 32.1. The first kappa shape index (κ1) is 20.0. The standard InChI is InChI=1S/C20H16N2O6S/c1-27-14-7-6-11(16(10-14)28-2)9-15-17(23)21-20(29)22(18(15)24)13-5-3-4-12(8-13)19(25)26/h3-10H,1-2H3,(H,25,26)(H,21,23,29). The lowest BCUT2D eigenvalue weighted by Crippen LogP contribution is -2.54. The number of thiocarbonyl (C=S) groups is 1. The van der Waals surface area contributed by atoms with E-state index in [1.807, 2.05) is 0 Å². The monoisotopic (exact) mass is 412 g/mol. The number of ether oxygens (including phenoxy) is 2. The molecule has 1 saturated heterocycles. The molecular weight excluding hydrogens is 396 g/mol. The Kier molecular flexibility index (Phi) is 5.60. The molecule has 2 aromatic carbocycles. The highest BCUT2D eigenvalue weighted by molar-refractivity contribution is 7.80. The van der Waals surface area contributed by atoms with Gasteiger partial charge in [-0.15, -0.1) is 0 Å². The Bertz CT molecular complexity index is 1060. The smallest absolute Gasteiger partial charge is 0.335 e. The van der Waals surface area contributed by atoms with E-state index < -0.39 is 17.8 Å². The van der Waals surface area contributed by atoms with E-state index in [0.717, 1.165) is 4.90 Å². The maximum absolute atomic E-state index is 13.1. The molecule has 1 fully saturated rings. The van der Waals surface area contributed by atoms with Crippen molar-refractivity contribution in [1.82, 2.24) is 5.32 Å². The van der Waals surface area contributed by atoms with Gasteiger partial charge >= 0.3 is 5.97 Å². The number of aromatic carboxylic acids is 1. The molecule has 3 rings (SSSR count). The highest BCUT2D eigenvalue weighted by Crippen LogP contribution is 2.28. The number of hydrogen-bond acceptors (Lipinski definition) is 6. The number of carboxylic acid groups (broad SMARTS) is 1. The Morgan fingerprint density at radius 2 is 1.90 bits per heavy atom. The van der Waals surface area contributed by atoms with Crippen molar-refractivity contribution in [3.8, 4) is 11.5 Å². The zero-order valence-electron chi connectivity index (χ0n) is 15.5. The normalized spacial score (nSPS) is 15.3. The molecule has 1 heterocycles. The molecule has 9 heteroatoms. The van der Waals surface area contributed by atoms with Gasteiger partial charge in [0.1, 0.15) is 17.1 Å². The Balaban J connectivity index is 2.05. The van der Waals surface area contributed by atoms with Crippen molar-refractivity contribution in [3.63, 3.8) is 0 Å². The van der Waals surface area contributed by atoms with Gasteiger partial charge in [0.25, 0.3) is 11.8 Å². The van der Waals surface area contributed by atoms with Gasteiger partial charge in [0.05, 0.1) is 25.5 Å². The van der Waals surface area contributed by atoms with Crippen molar-refractivity contribution < 1.29 is 29.0 Å². The molecule has 0 spiro atoms. The van der Waals surface area contributed by atoms with Gasteiger partial charge < -0.3 is 14.6 Å². The summed E-state index contributed by atoms with van der Waals surface area (Å²) in [7, 11) is 2.97. The van der Waals surface area contributed by atoms with Gasteiger partial charge in [-0.2, -0.15) is 0 Å². The minimum Gasteiger partial charge on any atom is -0.497 e. The third-order valence-electron chi connectivity index (χ3n) is 4.19. The lowest BCUT2D eigenvalue weighted by Gasteiger charge is -2.29. The molecule has 29 heavy (non-hydrogen) atoms. The number of carboxylic acids is 1. The number of carbonyl (C=O) groups is 3. The molecule has 0 bridgehead atoms. The first-order valence-electron chi connectivity index (χ1n) is 8.32. The van der Waals surface area contributed by atoms with Crippen molar-refractivity contribution in [2.24, 2.45) is 0 Å². The Labute approximate surface area is 171 Å². The second-order valence-electron chi connectivity index (χ2n) is 5.92. The van der Waals surface area contributed by atoms with Gasteiger partial charge in [-0.05, 0) is 48.6 Å². The third-order valence-corrected chi connectivity index (χ3v) is 4.48. The summed E-state index contributed by atoms with van der Waals surface area (Å²) >= 11 is 5.13. The molecule has 1 aliphatic heterocycles. The number of anilines is 1. The molecular formula is C20H16N2O6S. The van der Waals surface area contributed by atoms with Crippen molar-refractivity contribution in [1.29, 1.82) is 0 Å². The lowest BCUT2D eigenvalue weighted by molar-refractivity contribution is -0.122. The fourth-order valence-electron chi connectivity index (χ4n) is 2.76. The predicted octanol–water partition coefficient (Wildman–Crippen LogP) is 2.23. The summed E-state index contributed by atoms with van der Waals surface area (Å²) in [6, 6.07) is 10.6. The molecule has 2 aromatic rings. The second kappa shape index (κ2) is 8.11. The van der Waals surface area contributed by atoms with E-state index in [1.165, 1.54) is 44.6 Å². The van der Waals surface area contributed by atoms with E-state index in [-0.39, 0.29) is 21.9 Å². The van der Waals surface area contributed by atoms with Crippen LogP contribution in [0, 0.1) is 0 Å². The predicted molar refractivity (Wildman–Crippen MR) is 109 cm³/mol. The van der Waals surface area contributed by atoms with Crippen LogP contribution in [0.3, 0.4) is 0 Å². The van der Waals surface area contributed by atoms with Gasteiger partial charge in [-0.1, -0.05) is 6.07 Å². The minimum absolute atomic E-state index is 0.0163. The van der Waals surface area contributed by atoms with Crippen LogP contribution in [0.4, 0.5) is 5.69 Å². The summed E-state index contributed by atoms with van der Waals surface area (Å²) in [5.41, 5.74) is 0.520. The summed E-state index contributed by atoms with van der Waals surface area (Å²) in [4.78, 5) is 37.8. The fourth-order valence-corrected chi connectivity index (χ4v) is 3.04. The van der Waals surface area contributed by atoms with Crippen LogP contribution in [0.15, 0.2) is 48.0 Å². The van der Waals surface area contributed by atoms with E-state index in [1.54, 1.807) is 18.2 Å². The topological polar surface area (TPSA) is 105 Å². The second-order valence-corrected chi connectivity index (χ2v) is 6.31. The first-order valence-corrected chi connectivity index (χ1v) is 8.73. The average molecular weight is 412 g/mol. The molecule has 0 radical (unpaired) electrons. The summed E-state index contributed by atoms with van der Waals surface area (Å²) in [5.74, 6) is -1.53. The van der Waals surface area contributed by atoms with Crippen molar-refractivity contribution in [2.75, 3.05) is 19.1 Å². The van der Waals surface area contributed by atoms with Crippen LogP contribution in [0.5, 0.6) is 11.5 Å². The first-order chi connectivity index (χ1) is 13.8. The average Bonchev–Trinajstić information content (AvgIpc) is 2.71. The van der Waals surface area contributed by atoms with Gasteiger partial charge in [-0.3, -0.25) is 19.8 Å². The van der Waals surface area contributed by atoms with Gasteiger partial charge in [-0.25, -0.2) is 4.79 Å². The molecule has 2 amide bonds. The number of carbonyl (C=O) groups excluding carboxylic acids is 2. The Hall–Kier alpha value is -3.72. The van der Waals surface area contributed by atoms with Crippen molar-refractivity contribution >= 4 is 46.9 Å². The summed E-state index contributed by atoms with van der Waals surface area (Å²) in [5, 5.41) is 11.5. The molecule has 0 unspecified atom stereocenters. The quantitative estimate of drug-likeness (QED) is 0.441. The third kappa shape index (κ3) is 3.94. The SMILES string of the molecule is COc1ccc(C=C2C(=O)NC(=S)N(c3cccc(C(=O)O)c3)C2=O)c(OC)c1. The van der Waals surface area contributed by atoms with Crippen LogP contribution < -0.4 is 19.7 Å². The number of nitrogens with zero attached hydrogens (tertiary/aromatic N) is 1. The molecule has 0 saturated carbocycles. The number of benzene rings is 2. The number of methoxy groups -OCH3 is 2. The maximum Gasteiger partial charge on any atom is 0.335 e. The molecule has 0 aromatic heterocycles. The number of hydrogen-bond donors (Lipinski definition) is 2. The maximum atomic E-state index is 13.1. The van der Waals surface area contributed by atoms with E-state index in [9.17, 15) is 19.5 Å². The van der Waals surface area contributed by atoms with E-state index in [4.69, 9.17) is 21.7 Å². The van der Waals surface area contributed by atoms with E-state index in [2.05, 4.69) is 5.32 Å². The fraction of sp³-hybridized carbons (Fsp3) is 0.100. The van der Waals surface area contributed by atoms with Crippen LogP contribution >= 0.6 is 12.2 Å². The van der Waals surface area contributed by atoms with Gasteiger partial charge in [0, 0.05) is 11.6 Å². The van der Waals surface area contributed by atoms with E-state index in [0.29, 0.717) is 17.1 Å². The number of nitrogens with one attached hydrogen (secondary N) is 1. The largest absolute Gasteiger partial charge is 0.497 e. The van der Waals surface area contributed by atoms with Crippen LogP contribution in [-0.2, 0) is 9.59 Å². The summed E-state index contributed by atoms with van der Waals surface area (Å²) in [6.07, 6.45) is 1.38. The molecule has 8 nitrogen and oxygen atoms in total. The molecule has 0 atom stereocenters. The summed E-state index contributed by atoms with van der Waals surface area (Å²) in [6.45, 7) is 0. The lowest BCUT2D eigenvalue weighted by atomic mass is 10.1. The van der Waals surface area contributed by atoms with E-state index >= 15 is 0 Å². The van der Waals surface area contributed by atoms with Crippen LogP contribution in [0.25, 0.3) is 6.08 Å². The molecule has 1 aliphatic rings. The Morgan fingerprint density at radius 1 is 1.14 bits per heavy atom. The molecule has 2 N–H and O–H groups in total. The Morgan fingerprint density at radius 3 is 2.55 bits per heavy atom. The van der Waals surface area contributed by atoms with Crippen LogP contribution in [0.2, 0.25) is 0 Å².